The van der Waals surface area contributed by atoms with Crippen LogP contribution < -0.4 is 0 Å². The molecule has 3 aliphatic heterocycles. The molecule has 3 aliphatic rings. The lowest BCUT2D eigenvalue weighted by molar-refractivity contribution is -0.342. The highest BCUT2D eigenvalue weighted by molar-refractivity contribution is 5.87. The highest BCUT2D eigenvalue weighted by Gasteiger charge is 2.54. The van der Waals surface area contributed by atoms with Gasteiger partial charge in [0.05, 0.1) is 37.1 Å². The van der Waals surface area contributed by atoms with Gasteiger partial charge < -0.3 is 28.8 Å². The van der Waals surface area contributed by atoms with Crippen LogP contribution in [0.5, 0.6) is 0 Å². The van der Waals surface area contributed by atoms with E-state index in [0.717, 1.165) is 5.56 Å². The average Bonchev–Trinajstić information content (AvgIpc) is 2.73. The van der Waals surface area contributed by atoms with Crippen LogP contribution in [0, 0.1) is 0 Å². The maximum Gasteiger partial charge on any atom is 0.333 e. The molecule has 0 aliphatic carbocycles. The van der Waals surface area contributed by atoms with Crippen LogP contribution in [-0.2, 0) is 28.5 Å². The summed E-state index contributed by atoms with van der Waals surface area (Å²) >= 11 is 0. The van der Waals surface area contributed by atoms with Gasteiger partial charge in [-0.05, 0) is 26.8 Å². The molecule has 7 heteroatoms. The Kier molecular flexibility index (Phi) is 6.27. The maximum atomic E-state index is 11.9. The van der Waals surface area contributed by atoms with Crippen molar-refractivity contribution in [2.24, 2.45) is 0 Å². The summed E-state index contributed by atoms with van der Waals surface area (Å²) in [6.07, 6.45) is 0.204. The zero-order chi connectivity index (χ0) is 21.3. The molecule has 0 aromatic heterocycles. The third kappa shape index (κ3) is 4.31. The summed E-state index contributed by atoms with van der Waals surface area (Å²) in [6.45, 7) is 6.11. The van der Waals surface area contributed by atoms with Crippen molar-refractivity contribution in [2.75, 3.05) is 13.2 Å². The molecule has 0 bridgehead atoms. The Hall–Kier alpha value is -1.77. The molecule has 7 nitrogen and oxygen atoms in total. The van der Waals surface area contributed by atoms with Crippen LogP contribution in [0.4, 0.5) is 0 Å². The molecule has 0 unspecified atom stereocenters. The highest BCUT2D eigenvalue weighted by Crippen LogP contribution is 2.44. The van der Waals surface area contributed by atoms with E-state index in [1.807, 2.05) is 37.3 Å². The summed E-state index contributed by atoms with van der Waals surface area (Å²) in [4.78, 5) is 11.9. The number of ether oxygens (including phenoxy) is 5. The van der Waals surface area contributed by atoms with Crippen LogP contribution in [0.3, 0.4) is 0 Å². The van der Waals surface area contributed by atoms with Gasteiger partial charge in [-0.25, -0.2) is 4.79 Å². The van der Waals surface area contributed by atoms with Crippen molar-refractivity contribution in [2.45, 2.75) is 76.0 Å². The van der Waals surface area contributed by atoms with E-state index in [1.54, 1.807) is 19.9 Å². The maximum absolute atomic E-state index is 11.9. The van der Waals surface area contributed by atoms with Gasteiger partial charge in [-0.1, -0.05) is 30.3 Å². The second-order valence-corrected chi connectivity index (χ2v) is 8.39. The van der Waals surface area contributed by atoms with E-state index in [1.165, 1.54) is 0 Å². The molecule has 1 aromatic carbocycles. The van der Waals surface area contributed by atoms with Crippen molar-refractivity contribution in [3.8, 4) is 0 Å². The number of hydrogen-bond donors (Lipinski definition) is 1. The molecule has 1 N–H and O–H groups in total. The quantitative estimate of drug-likeness (QED) is 0.595. The Labute approximate surface area is 176 Å². The predicted octanol–water partition coefficient (Wildman–Crippen LogP) is 2.68. The number of carbonyl (C=O) groups is 1. The third-order valence-electron chi connectivity index (χ3n) is 6.07. The third-order valence-corrected chi connectivity index (χ3v) is 6.07. The van der Waals surface area contributed by atoms with Crippen LogP contribution in [0.1, 0.15) is 45.5 Å². The largest absolute Gasteiger partial charge is 0.463 e. The number of fused-ring (bicyclic) bond motifs is 2. The monoisotopic (exact) mass is 418 g/mol. The van der Waals surface area contributed by atoms with E-state index in [-0.39, 0.29) is 18.3 Å². The average molecular weight is 418 g/mol. The number of rotatable bonds is 4. The summed E-state index contributed by atoms with van der Waals surface area (Å²) < 4.78 is 29.7. The van der Waals surface area contributed by atoms with Gasteiger partial charge in [-0.2, -0.15) is 0 Å². The van der Waals surface area contributed by atoms with Crippen molar-refractivity contribution in [3.63, 3.8) is 0 Å². The fourth-order valence-corrected chi connectivity index (χ4v) is 4.46. The fourth-order valence-electron chi connectivity index (χ4n) is 4.46. The van der Waals surface area contributed by atoms with E-state index in [2.05, 4.69) is 0 Å². The minimum Gasteiger partial charge on any atom is -0.463 e. The van der Waals surface area contributed by atoms with Gasteiger partial charge in [0.15, 0.2) is 6.29 Å². The highest BCUT2D eigenvalue weighted by atomic mass is 16.7. The molecule has 7 atom stereocenters. The normalized spacial score (nSPS) is 39.0. The number of aliphatic hydroxyl groups excluding tert-OH is 1. The van der Waals surface area contributed by atoms with Gasteiger partial charge >= 0.3 is 5.97 Å². The number of aliphatic hydroxyl groups is 1. The minimum absolute atomic E-state index is 0.173. The van der Waals surface area contributed by atoms with E-state index >= 15 is 0 Å². The first kappa shape index (κ1) is 21.5. The first-order valence-electron chi connectivity index (χ1n) is 10.6. The Morgan fingerprint density at radius 3 is 2.77 bits per heavy atom. The molecule has 0 saturated carbocycles. The van der Waals surface area contributed by atoms with Gasteiger partial charge in [0, 0.05) is 24.0 Å². The van der Waals surface area contributed by atoms with E-state index in [0.29, 0.717) is 31.6 Å². The smallest absolute Gasteiger partial charge is 0.333 e. The molecule has 1 aromatic rings. The second kappa shape index (κ2) is 8.77. The Morgan fingerprint density at radius 2 is 2.03 bits per heavy atom. The van der Waals surface area contributed by atoms with Crippen LogP contribution in [-0.4, -0.2) is 60.4 Å². The molecule has 3 fully saturated rings. The molecule has 164 valence electrons. The molecular weight excluding hydrogens is 388 g/mol. The van der Waals surface area contributed by atoms with Crippen molar-refractivity contribution in [1.82, 2.24) is 0 Å². The lowest BCUT2D eigenvalue weighted by Crippen LogP contribution is -2.64. The molecule has 4 rings (SSSR count). The van der Waals surface area contributed by atoms with E-state index in [4.69, 9.17) is 23.7 Å². The molecule has 3 heterocycles. The molecular formula is C23H30O7. The lowest BCUT2D eigenvalue weighted by atomic mass is 9.80. The van der Waals surface area contributed by atoms with Gasteiger partial charge in [0.1, 0.15) is 12.2 Å². The SMILES string of the molecule is CCOC(=O)/C(C)=C/[C@@H]1O[C@@H]2C[C@@H]3O[C@H](c4ccccc4)OC[C@H]3O[C@@]2(C)C[C@H]1O. The summed E-state index contributed by atoms with van der Waals surface area (Å²) in [5.41, 5.74) is 0.746. The Balaban J connectivity index is 1.46. The van der Waals surface area contributed by atoms with Gasteiger partial charge in [-0.15, -0.1) is 0 Å². The van der Waals surface area contributed by atoms with Crippen LogP contribution >= 0.6 is 0 Å². The van der Waals surface area contributed by atoms with Crippen molar-refractivity contribution in [1.29, 1.82) is 0 Å². The van der Waals surface area contributed by atoms with Gasteiger partial charge in [-0.3, -0.25) is 0 Å². The summed E-state index contributed by atoms with van der Waals surface area (Å²) in [5, 5.41) is 10.7. The first-order valence-corrected chi connectivity index (χ1v) is 10.6. The lowest BCUT2D eigenvalue weighted by Gasteiger charge is -2.54. The fraction of sp³-hybridized carbons (Fsp3) is 0.609. The summed E-state index contributed by atoms with van der Waals surface area (Å²) in [6, 6.07) is 9.82. The van der Waals surface area contributed by atoms with Gasteiger partial charge in [0.2, 0.25) is 0 Å². The van der Waals surface area contributed by atoms with Crippen molar-refractivity contribution in [3.05, 3.63) is 47.5 Å². The van der Waals surface area contributed by atoms with Crippen molar-refractivity contribution < 1.29 is 33.6 Å². The van der Waals surface area contributed by atoms with Gasteiger partial charge in [0.25, 0.3) is 0 Å². The molecule has 3 saturated heterocycles. The number of esters is 1. The number of benzene rings is 1. The standard InChI is InChI=1S/C23H30O7/c1-4-26-21(25)14(2)10-17-16(24)12-23(3)20(28-17)11-18-19(30-23)13-27-22(29-18)15-8-6-5-7-9-15/h5-10,16-20,22,24H,4,11-13H2,1-3H3/b14-10+/t16-,17+,18+,19-,20-,22-,23+/m1/s1. The summed E-state index contributed by atoms with van der Waals surface area (Å²) in [7, 11) is 0. The molecule has 0 spiro atoms. The number of carbonyl (C=O) groups excluding carboxylic acids is 1. The minimum atomic E-state index is -0.783. The van der Waals surface area contributed by atoms with E-state index in [9.17, 15) is 9.90 Å². The molecule has 30 heavy (non-hydrogen) atoms. The zero-order valence-corrected chi connectivity index (χ0v) is 17.7. The van der Waals surface area contributed by atoms with Crippen LogP contribution in [0.2, 0.25) is 0 Å². The first-order chi connectivity index (χ1) is 14.4. The van der Waals surface area contributed by atoms with E-state index < -0.39 is 30.1 Å². The Bertz CT molecular complexity index is 779. The second-order valence-electron chi connectivity index (χ2n) is 8.39. The molecule has 0 radical (unpaired) electrons. The topological polar surface area (TPSA) is 83.5 Å². The van der Waals surface area contributed by atoms with Crippen LogP contribution in [0.15, 0.2) is 42.0 Å². The van der Waals surface area contributed by atoms with Crippen LogP contribution in [0.25, 0.3) is 0 Å². The van der Waals surface area contributed by atoms with Crippen molar-refractivity contribution >= 4 is 5.97 Å². The zero-order valence-electron chi connectivity index (χ0n) is 17.7. The Morgan fingerprint density at radius 1 is 1.27 bits per heavy atom. The predicted molar refractivity (Wildman–Crippen MR) is 108 cm³/mol. The summed E-state index contributed by atoms with van der Waals surface area (Å²) in [5.74, 6) is -0.403. The molecule has 0 amide bonds. The number of hydrogen-bond acceptors (Lipinski definition) is 7.